The predicted octanol–water partition coefficient (Wildman–Crippen LogP) is 8.45. The molecule has 0 aliphatic carbocycles. The molecule has 36 heavy (non-hydrogen) atoms. The van der Waals surface area contributed by atoms with Gasteiger partial charge in [-0.05, 0) is 10.4 Å². The van der Waals surface area contributed by atoms with Gasteiger partial charge in [-0.2, -0.15) is 12.1 Å². The van der Waals surface area contributed by atoms with Crippen molar-refractivity contribution >= 4 is 60.8 Å². The molecule has 4 heteroatoms. The van der Waals surface area contributed by atoms with Gasteiger partial charge in [0, 0.05) is 25.8 Å². The average molecular weight is 690 g/mol. The van der Waals surface area contributed by atoms with Gasteiger partial charge in [0.25, 0.3) is 0 Å². The first-order chi connectivity index (χ1) is 16.9. The van der Waals surface area contributed by atoms with E-state index in [4.69, 9.17) is 22.2 Å². The number of hydrogen-bond acceptors (Lipinski definition) is 0. The fourth-order valence-electron chi connectivity index (χ4n) is 4.07. The van der Waals surface area contributed by atoms with Crippen LogP contribution in [0.2, 0.25) is 0 Å². The minimum atomic E-state index is -2.51. The van der Waals surface area contributed by atoms with Gasteiger partial charge in [0.05, 0.1) is 0 Å². The van der Waals surface area contributed by atoms with E-state index in [1.165, 1.54) is 32.7 Å². The summed E-state index contributed by atoms with van der Waals surface area (Å²) >= 11 is 13.0. The van der Waals surface area contributed by atoms with E-state index >= 15 is 0 Å². The Morgan fingerprint density at radius 1 is 0.500 bits per heavy atom. The van der Waals surface area contributed by atoms with Gasteiger partial charge < -0.3 is 0 Å². The smallest absolute Gasteiger partial charge is 0.165 e. The first kappa shape index (κ1) is 28.3. The van der Waals surface area contributed by atoms with Crippen LogP contribution in [0.1, 0.15) is 11.1 Å². The number of fused-ring (bicyclic) bond motifs is 2. The van der Waals surface area contributed by atoms with Crippen molar-refractivity contribution in [2.75, 3.05) is 0 Å². The van der Waals surface area contributed by atoms with E-state index in [9.17, 15) is 0 Å². The predicted molar refractivity (Wildman–Crippen MR) is 158 cm³/mol. The van der Waals surface area contributed by atoms with Crippen LogP contribution in [-0.2, 0) is 25.8 Å². The monoisotopic (exact) mass is 690 g/mol. The van der Waals surface area contributed by atoms with Crippen molar-refractivity contribution in [2.24, 2.45) is 0 Å². The van der Waals surface area contributed by atoms with E-state index in [0.29, 0.717) is 0 Å². The Morgan fingerprint density at radius 3 is 1.19 bits per heavy atom. The molecule has 0 saturated heterocycles. The zero-order valence-electron chi connectivity index (χ0n) is 20.5. The van der Waals surface area contributed by atoms with Gasteiger partial charge in [0.15, 0.2) is 0 Å². The molecule has 0 unspecified atom stereocenters. The summed E-state index contributed by atoms with van der Waals surface area (Å²) in [6, 6.07) is 45.4. The third-order valence-corrected chi connectivity index (χ3v) is 10.5. The molecule has 0 aliphatic rings. The minimum absolute atomic E-state index is 0. The van der Waals surface area contributed by atoms with Crippen molar-refractivity contribution in [3.63, 3.8) is 0 Å². The van der Waals surface area contributed by atoms with Crippen LogP contribution in [0.5, 0.6) is 0 Å². The molecule has 0 radical (unpaired) electrons. The average Bonchev–Trinajstić information content (AvgIpc) is 3.46. The molecule has 0 heterocycles. The molecule has 0 bridgehead atoms. The van der Waals surface area contributed by atoms with Gasteiger partial charge >= 0.3 is 6.69 Å². The summed E-state index contributed by atoms with van der Waals surface area (Å²) in [6.45, 7) is 1.74. The molecular formula is C32H28Cl2HfSi-2. The molecule has 6 aromatic carbocycles. The summed E-state index contributed by atoms with van der Waals surface area (Å²) in [7, 11) is 0. The zero-order valence-corrected chi connectivity index (χ0v) is 26.6. The Morgan fingerprint density at radius 2 is 0.833 bits per heavy atom. The molecule has 0 fully saturated rings. The first-order valence-electron chi connectivity index (χ1n) is 11.7. The maximum absolute atomic E-state index is 6.49. The zero-order chi connectivity index (χ0) is 24.7. The first-order valence-corrected chi connectivity index (χ1v) is 15.7. The molecular weight excluding hydrogens is 662 g/mol. The second-order valence-corrected chi connectivity index (χ2v) is 14.9. The molecule has 6 rings (SSSR count). The number of aryl methyl sites for hydroxylation is 2. The third-order valence-electron chi connectivity index (χ3n) is 5.80. The third kappa shape index (κ3) is 7.40. The quantitative estimate of drug-likeness (QED) is 0.0973. The Bertz CT molecular complexity index is 1300. The van der Waals surface area contributed by atoms with Gasteiger partial charge in [-0.1, -0.05) is 86.6 Å². The number of benzene rings is 4. The number of halogens is 2. The molecule has 0 nitrogen and oxygen atoms in total. The summed E-state index contributed by atoms with van der Waals surface area (Å²) in [5, 5.41) is 7.44. The number of hydrogen-bond donors (Lipinski definition) is 0. The van der Waals surface area contributed by atoms with Crippen molar-refractivity contribution in [2.45, 2.75) is 13.8 Å². The van der Waals surface area contributed by atoms with Crippen molar-refractivity contribution in [1.29, 1.82) is 0 Å². The fourth-order valence-corrected chi connectivity index (χ4v) is 7.14. The molecule has 180 valence electrons. The normalized spacial score (nSPS) is 10.6. The maximum Gasteiger partial charge on any atom is 0.310 e. The summed E-state index contributed by atoms with van der Waals surface area (Å²) in [4.78, 5) is 0. The van der Waals surface area contributed by atoms with Gasteiger partial charge in [-0.15, -0.1) is 103 Å². The van der Waals surface area contributed by atoms with E-state index in [-0.39, 0.29) is 25.8 Å². The molecule has 6 aromatic rings. The minimum Gasteiger partial charge on any atom is -0.165 e. The van der Waals surface area contributed by atoms with Crippen LogP contribution in [0.4, 0.5) is 0 Å². The van der Waals surface area contributed by atoms with E-state index in [2.05, 4.69) is 86.6 Å². The van der Waals surface area contributed by atoms with Crippen molar-refractivity contribution in [3.05, 3.63) is 145 Å². The maximum atomic E-state index is 6.49. The van der Waals surface area contributed by atoms with Crippen LogP contribution in [0.15, 0.2) is 133 Å². The van der Waals surface area contributed by atoms with Crippen molar-refractivity contribution in [1.82, 2.24) is 0 Å². The second-order valence-electron chi connectivity index (χ2n) is 8.63. The Labute approximate surface area is 243 Å². The number of rotatable bonds is 2. The van der Waals surface area contributed by atoms with E-state index in [0.717, 1.165) is 10.4 Å². The van der Waals surface area contributed by atoms with Crippen molar-refractivity contribution in [3.8, 4) is 0 Å². The van der Waals surface area contributed by atoms with Crippen LogP contribution < -0.4 is 10.4 Å². The van der Waals surface area contributed by atoms with E-state index in [1.807, 2.05) is 60.7 Å². The summed E-state index contributed by atoms with van der Waals surface area (Å²) in [5.74, 6) is 0. The Kier molecular flexibility index (Phi) is 10.5. The van der Waals surface area contributed by atoms with Crippen LogP contribution in [0.25, 0.3) is 21.5 Å². The van der Waals surface area contributed by atoms with Crippen LogP contribution >= 0.6 is 22.2 Å². The van der Waals surface area contributed by atoms with Gasteiger partial charge in [0.2, 0.25) is 0 Å². The Balaban J connectivity index is 0.000000153. The van der Waals surface area contributed by atoms with Gasteiger partial charge in [0.1, 0.15) is 0 Å². The molecule has 0 saturated carbocycles. The van der Waals surface area contributed by atoms with Crippen LogP contribution in [0.3, 0.4) is 0 Å². The standard InChI is InChI=1S/C12H10Cl2Si.2C10H9.Hf/c13-15(14,11-7-3-1-4-8-11)12-9-5-2-6-10-12;2*1-8-6-9-4-2-3-5-10(9)7-8;/h1-10H;2*2-7H,1H3;/q;2*-1;. The topological polar surface area (TPSA) is 0 Å². The SMILES string of the molecule is Cc1cc2ccccc2[cH-]1.Cc1cc2ccccc2[cH-]1.Cl[Si](Cl)(c1ccccc1)c1ccccc1.[Hf]. The Hall–Kier alpha value is -2.23. The van der Waals surface area contributed by atoms with E-state index < -0.39 is 6.69 Å². The summed E-state index contributed by atoms with van der Waals surface area (Å²) < 4.78 is 0. The fraction of sp³-hybridized carbons (Fsp3) is 0.0625. The van der Waals surface area contributed by atoms with Gasteiger partial charge in [-0.25, -0.2) is 0 Å². The van der Waals surface area contributed by atoms with Crippen molar-refractivity contribution < 1.29 is 25.8 Å². The van der Waals surface area contributed by atoms with Crippen LogP contribution in [0, 0.1) is 13.8 Å². The molecule has 0 amide bonds. The summed E-state index contributed by atoms with van der Waals surface area (Å²) in [5.41, 5.74) is 2.70. The van der Waals surface area contributed by atoms with E-state index in [1.54, 1.807) is 0 Å². The van der Waals surface area contributed by atoms with Crippen LogP contribution in [-0.4, -0.2) is 6.69 Å². The molecule has 0 aliphatic heterocycles. The second kappa shape index (κ2) is 13.4. The molecule has 0 atom stereocenters. The molecule has 0 N–H and O–H groups in total. The largest absolute Gasteiger partial charge is 0.310 e. The molecule has 0 spiro atoms. The van der Waals surface area contributed by atoms with Gasteiger partial charge in [-0.3, -0.25) is 0 Å². The molecule has 0 aromatic heterocycles. The summed E-state index contributed by atoms with van der Waals surface area (Å²) in [6.07, 6.45) is 0.